The zero-order chi connectivity index (χ0) is 82.7. The van der Waals surface area contributed by atoms with Crippen molar-refractivity contribution >= 4 is 87.3 Å². The zero-order valence-corrected chi connectivity index (χ0v) is 66.3. The predicted octanol–water partition coefficient (Wildman–Crippen LogP) is 14.8. The van der Waals surface area contributed by atoms with Crippen LogP contribution in [-0.4, -0.2) is 211 Å². The number of rotatable bonds is 6. The first-order chi connectivity index (χ1) is 55.5. The van der Waals surface area contributed by atoms with Crippen LogP contribution in [0.4, 0.5) is 70.5 Å². The molecule has 8 N–H and O–H groups in total. The number of ether oxygens (including phenoxy) is 1. The van der Waals surface area contributed by atoms with Gasteiger partial charge in [-0.3, -0.25) is 14.5 Å². The number of nitrogens with zero attached hydrogens (tertiary/aromatic N) is 10. The molecule has 3 aromatic carbocycles. The van der Waals surface area contributed by atoms with Gasteiger partial charge >= 0.3 is 18.5 Å². The summed E-state index contributed by atoms with van der Waals surface area (Å²) in [4.78, 5) is 74.1. The summed E-state index contributed by atoms with van der Waals surface area (Å²) in [5.74, 6) is -5.93. The van der Waals surface area contributed by atoms with Gasteiger partial charge in [0, 0.05) is 192 Å². The number of carbonyl (C=O) groups is 2. The highest BCUT2D eigenvalue weighted by Gasteiger charge is 2.49. The van der Waals surface area contributed by atoms with Crippen molar-refractivity contribution in [3.05, 3.63) is 125 Å². The van der Waals surface area contributed by atoms with Crippen molar-refractivity contribution in [2.75, 3.05) is 96.4 Å². The van der Waals surface area contributed by atoms with Gasteiger partial charge in [-0.25, -0.2) is 48.1 Å². The van der Waals surface area contributed by atoms with Gasteiger partial charge in [-0.1, -0.05) is 24.3 Å². The molecule has 5 unspecified atom stereocenters. The third-order valence-corrected chi connectivity index (χ3v) is 30.1. The number of alkyl halides is 12. The smallest absolute Gasteiger partial charge is 0.419 e. The number of hydrogen-bond donors (Lipinski definition) is 8. The molecule has 37 heteroatoms. The topological polar surface area (TPSA) is 285 Å². The largest absolute Gasteiger partial charge is 0.481 e. The SMILES string of the molecule is COc1cc2c(cn1)-c1ccc3c(c[nH]c3c1)-c1nc(ncc1C(F)(F)F)N[C@@H]1C[C@H](CC1P(C)(=O)c1c3ccc4c(c[nH]c14)-c1nc(ncc1C(F)(F)F)N[C@H]1CC(CP(C)(=O)c4c5ccc6c(c[nH]c46)-c4nc(ncc4C(F)(F)F)N[C@H]4CC[C@@H](C4)N(C)CC(F)(F)CCN(C)C5=O)[C@@H](C1)NCC(F)CCN(C)C3=O)NCCCC2. The third kappa shape index (κ3) is 15.9. The van der Waals surface area contributed by atoms with Gasteiger partial charge in [-0.2, -0.15) is 39.5 Å². The van der Waals surface area contributed by atoms with Gasteiger partial charge < -0.3 is 65.2 Å². The van der Waals surface area contributed by atoms with E-state index in [0.717, 1.165) is 21.6 Å². The fraction of sp³-hybridized carbons (Fsp3) is 0.463. The molecule has 3 aliphatic carbocycles. The van der Waals surface area contributed by atoms with Crippen LogP contribution in [0.25, 0.3) is 77.6 Å². The lowest BCUT2D eigenvalue weighted by atomic mass is 9.96. The van der Waals surface area contributed by atoms with Crippen LogP contribution in [0.3, 0.4) is 0 Å². The maximum atomic E-state index is 17.0. The van der Waals surface area contributed by atoms with Crippen molar-refractivity contribution in [1.82, 2.24) is 75.2 Å². The summed E-state index contributed by atoms with van der Waals surface area (Å²) in [5, 5.41) is 16.9. The van der Waals surface area contributed by atoms with Gasteiger partial charge in [0.2, 0.25) is 23.7 Å². The van der Waals surface area contributed by atoms with E-state index >= 15 is 66.6 Å². The number of amides is 2. The van der Waals surface area contributed by atoms with E-state index in [2.05, 4.69) is 76.4 Å². The Kier molecular flexibility index (Phi) is 21.4. The second-order valence-corrected chi connectivity index (χ2v) is 38.4. The fourth-order valence-corrected chi connectivity index (χ4v) is 24.4. The average Bonchev–Trinajstić information content (AvgIpc) is 1.63. The highest BCUT2D eigenvalue weighted by Crippen LogP contribution is 2.57. The molecule has 0 spiro atoms. The van der Waals surface area contributed by atoms with E-state index in [-0.39, 0.29) is 142 Å². The first-order valence-electron chi connectivity index (χ1n) is 38.9. The molecule has 2 amide bonds. The molecule has 117 heavy (non-hydrogen) atoms. The molecule has 0 saturated heterocycles. The van der Waals surface area contributed by atoms with Gasteiger partial charge in [0.15, 0.2) is 0 Å². The molecular formula is C80H86F12N18O5P2. The second kappa shape index (κ2) is 30.9. The highest BCUT2D eigenvalue weighted by molar-refractivity contribution is 7.72. The Labute approximate surface area is 663 Å². The molecule has 9 aliphatic rings. The minimum Gasteiger partial charge on any atom is -0.481 e. The van der Waals surface area contributed by atoms with Crippen molar-refractivity contribution in [2.45, 2.75) is 150 Å². The number of carbonyl (C=O) groups excluding carboxylic acids is 2. The number of pyridine rings is 1. The van der Waals surface area contributed by atoms with E-state index in [4.69, 9.17) is 4.74 Å². The van der Waals surface area contributed by atoms with Crippen LogP contribution in [0.1, 0.15) is 114 Å². The standard InChI is InChI=1S/C80H86F12N18O5P2/c1-108-21-18-43(81)30-94-60-28-46(23-42(60)38-116(5,113)70-51-16-14-49-55(33-97-68(49)70)66-58(79(87,88)89)35-99-74(105-66)102-44-11-12-47(26-44)110(3)39-77(82,83)19-22-109(2)72(51)111)103-75-100-36-59(80(90,91)92)67(106-75)56-34-98-69-50(56)15-17-52(73(108)112)71(69)117(6,114)63-29-45-27-62(63)104-76-101-37-57(78(84,85)86)65(107-76)54-32-95-61-24-41(10-13-48(54)61)53-31-96-64(115-4)25-40(53)9-7-8-20-93-45/h10,13-17,24-25,31-37,42-47,60,62-63,93-95,97-98H,7-9,11-12,18-23,26-30,38-39H2,1-6H3,(H,99,102,105)(H,100,103,106)(H,101,104,107)/t42?,43?,44-,45+,46-,47-,60+,62+,63?,116?,117?/m0/s1. The molecule has 7 aromatic heterocycles. The quantitative estimate of drug-likeness (QED) is 0.0567. The molecule has 620 valence electrons. The molecule has 10 aromatic rings. The van der Waals surface area contributed by atoms with E-state index in [9.17, 15) is 4.79 Å². The predicted molar refractivity (Wildman–Crippen MR) is 422 cm³/mol. The Morgan fingerprint density at radius 1 is 0.573 bits per heavy atom. The lowest BCUT2D eigenvalue weighted by Crippen LogP contribution is -2.42. The van der Waals surface area contributed by atoms with Crippen molar-refractivity contribution in [3.8, 4) is 50.8 Å². The molecule has 23 nitrogen and oxygen atoms in total. The van der Waals surface area contributed by atoms with Gasteiger partial charge in [0.1, 0.15) is 37.1 Å². The Bertz CT molecular complexity index is 5620. The number of anilines is 3. The van der Waals surface area contributed by atoms with E-state index in [1.54, 1.807) is 25.4 Å². The Morgan fingerprint density at radius 2 is 1.14 bits per heavy atom. The zero-order valence-electron chi connectivity index (χ0n) is 64.5. The van der Waals surface area contributed by atoms with Gasteiger partial charge in [-0.15, -0.1) is 0 Å². The Morgan fingerprint density at radius 3 is 1.76 bits per heavy atom. The summed E-state index contributed by atoms with van der Waals surface area (Å²) in [6.07, 6.45) is -6.78. The number of fused-ring (bicyclic) bond motifs is 19. The van der Waals surface area contributed by atoms with Crippen LogP contribution < -0.4 is 41.9 Å². The number of aromatic nitrogens is 10. The van der Waals surface area contributed by atoms with Crippen molar-refractivity contribution < 1.29 is 76.1 Å². The molecule has 24 bridgehead atoms. The number of benzene rings is 3. The van der Waals surface area contributed by atoms with Crippen LogP contribution in [0.5, 0.6) is 5.88 Å². The molecule has 19 rings (SSSR count). The maximum absolute atomic E-state index is 17.0. The number of aromatic amines is 3. The molecule has 3 saturated carbocycles. The molecule has 13 heterocycles. The monoisotopic (exact) mass is 1670 g/mol. The van der Waals surface area contributed by atoms with Crippen LogP contribution in [0.15, 0.2) is 91.9 Å². The first kappa shape index (κ1) is 81.1. The number of H-pyrrole nitrogens is 3. The number of methoxy groups -OCH3 is 1. The van der Waals surface area contributed by atoms with E-state index in [1.807, 2.05) is 12.1 Å². The summed E-state index contributed by atoms with van der Waals surface area (Å²) in [6.45, 7) is 1.55. The molecule has 3 fully saturated rings. The van der Waals surface area contributed by atoms with Crippen LogP contribution in [0, 0.1) is 5.92 Å². The number of nitrogens with one attached hydrogen (secondary N) is 8. The van der Waals surface area contributed by atoms with Crippen molar-refractivity contribution in [1.29, 1.82) is 0 Å². The summed E-state index contributed by atoms with van der Waals surface area (Å²) in [7, 11) is -2.53. The van der Waals surface area contributed by atoms with E-state index < -0.39 is 146 Å². The second-order valence-electron chi connectivity index (χ2n) is 32.3. The molecule has 6 aliphatic heterocycles. The van der Waals surface area contributed by atoms with Crippen molar-refractivity contribution in [3.63, 3.8) is 0 Å². The lowest BCUT2D eigenvalue weighted by molar-refractivity contribution is -0.138. The Balaban J connectivity index is 0.753. The first-order valence-corrected chi connectivity index (χ1v) is 43.5. The van der Waals surface area contributed by atoms with Crippen LogP contribution >= 0.6 is 14.3 Å². The van der Waals surface area contributed by atoms with Gasteiger partial charge in [-0.05, 0) is 133 Å². The van der Waals surface area contributed by atoms with Gasteiger partial charge in [0.25, 0.3) is 17.7 Å². The number of halogens is 12. The highest BCUT2D eigenvalue weighted by atomic mass is 31.2. The minimum absolute atomic E-state index is 0.00287. The molecule has 0 radical (unpaired) electrons. The average molecular weight is 1670 g/mol. The van der Waals surface area contributed by atoms with E-state index in [0.29, 0.717) is 80.4 Å². The fourth-order valence-electron chi connectivity index (χ4n) is 18.5. The number of aryl methyl sites for hydroxylation is 1. The van der Waals surface area contributed by atoms with Crippen molar-refractivity contribution in [2.24, 2.45) is 5.92 Å². The van der Waals surface area contributed by atoms with Gasteiger partial charge in [0.05, 0.1) is 52.9 Å². The lowest BCUT2D eigenvalue weighted by Gasteiger charge is -2.30. The summed E-state index contributed by atoms with van der Waals surface area (Å²) in [6, 6.07) is 9.04. The maximum Gasteiger partial charge on any atom is 0.419 e. The summed E-state index contributed by atoms with van der Waals surface area (Å²) >= 11 is 0. The third-order valence-electron chi connectivity index (χ3n) is 24.4. The molecule has 11 atom stereocenters. The molecular weight excluding hydrogens is 1580 g/mol. The normalized spacial score (nSPS) is 24.4. The summed E-state index contributed by atoms with van der Waals surface area (Å²) in [5.41, 5.74) is -3.74. The van der Waals surface area contributed by atoms with E-state index in [1.165, 1.54) is 87.2 Å². The summed E-state index contributed by atoms with van der Waals surface area (Å²) < 4.78 is 226. The number of hydrogen-bond acceptors (Lipinski definition) is 18. The van der Waals surface area contributed by atoms with Crippen LogP contribution in [0.2, 0.25) is 0 Å². The Hall–Kier alpha value is -9.69. The van der Waals surface area contributed by atoms with Crippen LogP contribution in [-0.2, 0) is 34.1 Å². The minimum atomic E-state index is -5.11.